The molecule has 0 amide bonds. The first-order chi connectivity index (χ1) is 30.3. The zero-order valence-corrected chi connectivity index (χ0v) is 39.7. The fraction of sp³-hybridized carbons (Fsp3) is 0.925. The Morgan fingerprint density at radius 2 is 0.921 bits per heavy atom. The number of carbonyl (C=O) groups excluding carboxylic acids is 4. The van der Waals surface area contributed by atoms with Gasteiger partial charge in [-0.2, -0.15) is 0 Å². The molecule has 63 heavy (non-hydrogen) atoms. The van der Waals surface area contributed by atoms with Crippen LogP contribution >= 0.6 is 0 Å². The smallest absolute Gasteiger partial charge is 0.311 e. The Morgan fingerprint density at radius 1 is 0.492 bits per heavy atom. The van der Waals surface area contributed by atoms with Crippen LogP contribution in [0.1, 0.15) is 170 Å². The van der Waals surface area contributed by atoms with Gasteiger partial charge in [0.15, 0.2) is 13.6 Å². The van der Waals surface area contributed by atoms with Crippen molar-refractivity contribution in [2.45, 2.75) is 188 Å². The molecule has 16 unspecified atom stereocenters. The molecule has 10 aliphatic rings. The van der Waals surface area contributed by atoms with Crippen LogP contribution in [-0.2, 0) is 47.6 Å². The van der Waals surface area contributed by atoms with Gasteiger partial charge in [0.2, 0.25) is 0 Å². The van der Waals surface area contributed by atoms with Gasteiger partial charge in [-0.1, -0.05) is 52.4 Å². The molecule has 10 aliphatic carbocycles. The third kappa shape index (κ3) is 9.02. The molecule has 0 radical (unpaired) electrons. The van der Waals surface area contributed by atoms with Gasteiger partial charge in [0.25, 0.3) is 0 Å². The van der Waals surface area contributed by atoms with Gasteiger partial charge in [0, 0.05) is 0 Å². The average Bonchev–Trinajstić information content (AvgIpc) is 4.16. The van der Waals surface area contributed by atoms with E-state index in [1.54, 1.807) is 0 Å². The normalized spacial score (nSPS) is 40.9. The predicted molar refractivity (Wildman–Crippen MR) is 236 cm³/mol. The topological polar surface area (TPSA) is 124 Å². The molecule has 0 spiro atoms. The first kappa shape index (κ1) is 45.9. The van der Waals surface area contributed by atoms with Crippen LogP contribution in [0.25, 0.3) is 0 Å². The van der Waals surface area contributed by atoms with E-state index >= 15 is 0 Å². The number of rotatable bonds is 15. The molecule has 0 heterocycles. The van der Waals surface area contributed by atoms with Crippen molar-refractivity contribution in [2.24, 2.45) is 99.6 Å². The minimum atomic E-state index is -0.417. The van der Waals surface area contributed by atoms with Crippen molar-refractivity contribution in [3.63, 3.8) is 0 Å². The summed E-state index contributed by atoms with van der Waals surface area (Å²) in [4.78, 5) is 51.2. The van der Waals surface area contributed by atoms with Crippen LogP contribution < -0.4 is 0 Å². The maximum atomic E-state index is 12.9. The Morgan fingerprint density at radius 3 is 1.40 bits per heavy atom. The molecule has 10 nitrogen and oxygen atoms in total. The minimum absolute atomic E-state index is 0.0160. The second-order valence-electron chi connectivity index (χ2n) is 23.9. The molecule has 0 aromatic rings. The summed E-state index contributed by atoms with van der Waals surface area (Å²) >= 11 is 0. The molecular weight excluding hydrogens is 797 g/mol. The van der Waals surface area contributed by atoms with E-state index in [9.17, 15) is 19.2 Å². The Hall–Kier alpha value is -2.20. The highest BCUT2D eigenvalue weighted by Crippen LogP contribution is 2.70. The van der Waals surface area contributed by atoms with Crippen LogP contribution in [0.5, 0.6) is 0 Å². The van der Waals surface area contributed by atoms with Crippen LogP contribution in [0, 0.1) is 99.6 Å². The first-order valence-electron chi connectivity index (χ1n) is 26.2. The van der Waals surface area contributed by atoms with Crippen molar-refractivity contribution in [1.82, 2.24) is 0 Å². The highest BCUT2D eigenvalue weighted by molar-refractivity contribution is 5.77. The van der Waals surface area contributed by atoms with Gasteiger partial charge in [0.05, 0.1) is 35.4 Å². The zero-order chi connectivity index (χ0) is 44.2. The summed E-state index contributed by atoms with van der Waals surface area (Å²) in [6.45, 7) is 12.9. The van der Waals surface area contributed by atoms with Gasteiger partial charge < -0.3 is 28.4 Å². The lowest BCUT2D eigenvalue weighted by molar-refractivity contribution is -0.173. The summed E-state index contributed by atoms with van der Waals surface area (Å²) in [6, 6.07) is 0. The second-order valence-corrected chi connectivity index (χ2v) is 23.9. The van der Waals surface area contributed by atoms with Crippen molar-refractivity contribution in [3.8, 4) is 0 Å². The number of fused-ring (bicyclic) bond motifs is 18. The predicted octanol–water partition coefficient (Wildman–Crippen LogP) is 10.5. The molecule has 0 aromatic heterocycles. The monoisotopic (exact) mass is 879 g/mol. The lowest BCUT2D eigenvalue weighted by atomic mass is 9.66. The van der Waals surface area contributed by atoms with E-state index < -0.39 is 10.8 Å². The fourth-order valence-electron chi connectivity index (χ4n) is 16.1. The summed E-state index contributed by atoms with van der Waals surface area (Å²) in [5.74, 6) is 7.39. The van der Waals surface area contributed by atoms with Gasteiger partial charge in [-0.05, 0) is 195 Å². The van der Waals surface area contributed by atoms with Gasteiger partial charge in [0.1, 0.15) is 12.2 Å². The average molecular weight is 879 g/mol. The Balaban J connectivity index is 0.000000160. The largest absolute Gasteiger partial charge is 0.462 e. The van der Waals surface area contributed by atoms with Crippen LogP contribution in [0.3, 0.4) is 0 Å². The lowest BCUT2D eigenvalue weighted by Crippen LogP contribution is -2.43. The highest BCUT2D eigenvalue weighted by Gasteiger charge is 2.68. The number of carbonyl (C=O) groups is 4. The Bertz CT molecular complexity index is 1640. The standard InChI is InChI=1S/C27H42O5.C26H40O5/c1-4-27(2,3)26(29)32-22-13-18-12-21(22)24-19-10-17(23(18)24)11-20(19)25(28)31-15-30-14-16-8-6-5-7-9-16;1-4-26(2,3)25(28)31-21-13-16-12-20(21)23-18-10-15(22(16)23)11-19(18)24(27)30-14-29-17-8-6-5-7-9-17/h16-24H,4-15H2,1-3H3;15-23H,4-14H2,1-3H3. The summed E-state index contributed by atoms with van der Waals surface area (Å²) in [6.07, 6.45) is 23.0. The van der Waals surface area contributed by atoms with E-state index in [-0.39, 0.29) is 67.6 Å². The fourth-order valence-corrected chi connectivity index (χ4v) is 16.1. The van der Waals surface area contributed by atoms with E-state index in [1.165, 1.54) is 64.2 Å². The number of hydrogen-bond donors (Lipinski definition) is 0. The van der Waals surface area contributed by atoms with E-state index in [2.05, 4.69) is 0 Å². The van der Waals surface area contributed by atoms with E-state index in [4.69, 9.17) is 28.4 Å². The second kappa shape index (κ2) is 18.8. The molecule has 10 rings (SSSR count). The third-order valence-corrected chi connectivity index (χ3v) is 19.9. The lowest BCUT2D eigenvalue weighted by Gasteiger charge is -2.41. The van der Waals surface area contributed by atoms with E-state index in [1.807, 2.05) is 41.5 Å². The van der Waals surface area contributed by atoms with E-state index in [0.29, 0.717) is 65.1 Å². The molecule has 0 aromatic carbocycles. The third-order valence-electron chi connectivity index (χ3n) is 19.9. The van der Waals surface area contributed by atoms with Crippen molar-refractivity contribution in [2.75, 3.05) is 20.2 Å². The van der Waals surface area contributed by atoms with Crippen LogP contribution in [0.2, 0.25) is 0 Å². The summed E-state index contributed by atoms with van der Waals surface area (Å²) in [5.41, 5.74) is -0.833. The maximum Gasteiger partial charge on any atom is 0.311 e. The molecule has 10 heteroatoms. The maximum absolute atomic E-state index is 12.9. The van der Waals surface area contributed by atoms with Crippen molar-refractivity contribution in [1.29, 1.82) is 0 Å². The minimum Gasteiger partial charge on any atom is -0.462 e. The molecule has 0 N–H and O–H groups in total. The Labute approximate surface area is 378 Å². The van der Waals surface area contributed by atoms with Crippen molar-refractivity contribution < 1.29 is 47.6 Å². The summed E-state index contributed by atoms with van der Waals surface area (Å²) < 4.78 is 34.9. The van der Waals surface area contributed by atoms with Crippen molar-refractivity contribution in [3.05, 3.63) is 0 Å². The zero-order valence-electron chi connectivity index (χ0n) is 39.7. The van der Waals surface area contributed by atoms with Gasteiger partial charge in [-0.3, -0.25) is 19.2 Å². The molecule has 0 aliphatic heterocycles. The number of esters is 4. The summed E-state index contributed by atoms with van der Waals surface area (Å²) in [7, 11) is 0. The SMILES string of the molecule is CCC(C)(C)C(=O)OC1CC2CC1C1C3CC(CC3C(=O)OCOC3CCCCC3)C21.CCC(C)(C)C(=O)OC1CC2CC1C1C3CC(CC3C(=O)OCOCC3CCCCC3)C21. The number of ether oxygens (including phenoxy) is 6. The molecule has 10 saturated carbocycles. The molecule has 16 atom stereocenters. The van der Waals surface area contributed by atoms with Crippen LogP contribution in [0.15, 0.2) is 0 Å². The van der Waals surface area contributed by atoms with Gasteiger partial charge in [-0.25, -0.2) is 0 Å². The quantitative estimate of drug-likeness (QED) is 0.0516. The molecule has 10 fully saturated rings. The highest BCUT2D eigenvalue weighted by atomic mass is 16.7. The van der Waals surface area contributed by atoms with Gasteiger partial charge >= 0.3 is 23.9 Å². The van der Waals surface area contributed by atoms with Gasteiger partial charge in [-0.15, -0.1) is 0 Å². The van der Waals surface area contributed by atoms with Crippen LogP contribution in [0.4, 0.5) is 0 Å². The molecular formula is C53H82O10. The van der Waals surface area contributed by atoms with Crippen LogP contribution in [-0.4, -0.2) is 62.4 Å². The molecule has 0 saturated heterocycles. The van der Waals surface area contributed by atoms with Crippen molar-refractivity contribution >= 4 is 23.9 Å². The number of hydrogen-bond acceptors (Lipinski definition) is 10. The summed E-state index contributed by atoms with van der Waals surface area (Å²) in [5, 5.41) is 0. The molecule has 8 bridgehead atoms. The van der Waals surface area contributed by atoms with E-state index in [0.717, 1.165) is 82.7 Å². The Kier molecular flexibility index (Phi) is 13.7. The molecule has 354 valence electrons. The first-order valence-corrected chi connectivity index (χ1v) is 26.2.